The highest BCUT2D eigenvalue weighted by molar-refractivity contribution is 5.86. The fourth-order valence-electron chi connectivity index (χ4n) is 4.38. The van der Waals surface area contributed by atoms with Gasteiger partial charge in [-0.25, -0.2) is 0 Å². The second-order valence-corrected chi connectivity index (χ2v) is 7.21. The van der Waals surface area contributed by atoms with Gasteiger partial charge in [-0.1, -0.05) is 25.3 Å². The van der Waals surface area contributed by atoms with Gasteiger partial charge in [0.05, 0.1) is 11.5 Å². The van der Waals surface area contributed by atoms with Crippen molar-refractivity contribution < 1.29 is 27.8 Å². The van der Waals surface area contributed by atoms with E-state index in [0.29, 0.717) is 0 Å². The number of ether oxygens (including phenoxy) is 1. The molecule has 138 valence electrons. The third-order valence-electron chi connectivity index (χ3n) is 5.64. The molecule has 3 rings (SSSR count). The summed E-state index contributed by atoms with van der Waals surface area (Å²) in [6.07, 6.45) is 3.84. The number of aromatic carboxylic acids is 1. The maximum absolute atomic E-state index is 13.4. The number of rotatable bonds is 4. The van der Waals surface area contributed by atoms with Gasteiger partial charge in [0, 0.05) is 5.56 Å². The van der Waals surface area contributed by atoms with Crippen LogP contribution in [0.2, 0.25) is 0 Å². The van der Waals surface area contributed by atoms with E-state index in [0.717, 1.165) is 76.0 Å². The summed E-state index contributed by atoms with van der Waals surface area (Å²) in [4.78, 5) is 11.1. The van der Waals surface area contributed by atoms with Crippen LogP contribution in [0.5, 0.6) is 5.75 Å². The topological polar surface area (TPSA) is 49.4 Å². The second kappa shape index (κ2) is 6.89. The molecule has 2 aliphatic carbocycles. The lowest BCUT2D eigenvalue weighted by molar-refractivity contribution is -0.255. The van der Waals surface area contributed by atoms with Crippen LogP contribution in [0.15, 0.2) is 18.2 Å². The van der Waals surface area contributed by atoms with E-state index in [1.54, 1.807) is 0 Å². The third-order valence-corrected chi connectivity index (χ3v) is 5.64. The number of carbonyl (C=O) groups is 1. The minimum atomic E-state index is -4.59. The molecule has 0 bridgehead atoms. The van der Waals surface area contributed by atoms with E-state index < -0.39 is 23.3 Å². The largest absolute Gasteiger partial charge is 0.545 e. The van der Waals surface area contributed by atoms with Crippen LogP contribution < -0.4 is 9.84 Å². The first-order chi connectivity index (χ1) is 11.8. The van der Waals surface area contributed by atoms with Crippen molar-refractivity contribution in [3.63, 3.8) is 0 Å². The number of hydrogen-bond acceptors (Lipinski definition) is 3. The van der Waals surface area contributed by atoms with E-state index in [1.165, 1.54) is 0 Å². The van der Waals surface area contributed by atoms with Crippen molar-refractivity contribution in [3.8, 4) is 5.75 Å². The molecule has 0 amide bonds. The average Bonchev–Trinajstić information content (AvgIpc) is 3.09. The minimum Gasteiger partial charge on any atom is -0.545 e. The molecule has 0 unspecified atom stereocenters. The monoisotopic (exact) mass is 355 g/mol. The Kier molecular flexibility index (Phi) is 4.98. The Labute approximate surface area is 145 Å². The molecule has 0 N–H and O–H groups in total. The van der Waals surface area contributed by atoms with Gasteiger partial charge in [0.1, 0.15) is 11.4 Å². The molecule has 0 aliphatic heterocycles. The molecule has 0 spiro atoms. The van der Waals surface area contributed by atoms with E-state index in [4.69, 9.17) is 4.74 Å². The predicted molar refractivity (Wildman–Crippen MR) is 84.2 cm³/mol. The molecule has 25 heavy (non-hydrogen) atoms. The maximum atomic E-state index is 13.4. The molecule has 1 aromatic rings. The van der Waals surface area contributed by atoms with Gasteiger partial charge in [0.2, 0.25) is 0 Å². The van der Waals surface area contributed by atoms with Crippen molar-refractivity contribution >= 4 is 5.97 Å². The van der Waals surface area contributed by atoms with Crippen LogP contribution in [-0.2, 0) is 6.18 Å². The van der Waals surface area contributed by atoms with Gasteiger partial charge in [0.25, 0.3) is 0 Å². The van der Waals surface area contributed by atoms with Gasteiger partial charge in [-0.05, 0) is 56.6 Å². The molecule has 1 aromatic carbocycles. The zero-order valence-electron chi connectivity index (χ0n) is 14.0. The fourth-order valence-corrected chi connectivity index (χ4v) is 4.38. The summed E-state index contributed by atoms with van der Waals surface area (Å²) in [5.41, 5.74) is -1.82. The molecule has 2 aliphatic rings. The smallest absolute Gasteiger partial charge is 0.419 e. The standard InChI is InChI=1S/C19H23F3O3/c20-19(21,22)15-9-8-13(17(23)24)12-16(15)25-18(10-4-1-5-11-18)14-6-2-3-7-14/h8-9,12,14H,1-7,10-11H2,(H,23,24)/p-1. The van der Waals surface area contributed by atoms with Gasteiger partial charge in [0.15, 0.2) is 0 Å². The summed E-state index contributed by atoms with van der Waals surface area (Å²) in [5, 5.41) is 11.1. The molecule has 0 saturated heterocycles. The zero-order chi connectivity index (χ0) is 18.1. The van der Waals surface area contributed by atoms with E-state index in [1.807, 2.05) is 0 Å². The van der Waals surface area contributed by atoms with Gasteiger partial charge >= 0.3 is 6.18 Å². The number of benzene rings is 1. The highest BCUT2D eigenvalue weighted by Crippen LogP contribution is 2.47. The van der Waals surface area contributed by atoms with Crippen molar-refractivity contribution in [2.24, 2.45) is 5.92 Å². The number of halogens is 3. The molecule has 2 saturated carbocycles. The number of hydrogen-bond donors (Lipinski definition) is 0. The summed E-state index contributed by atoms with van der Waals surface area (Å²) in [7, 11) is 0. The average molecular weight is 355 g/mol. The van der Waals surface area contributed by atoms with Crippen LogP contribution in [0.3, 0.4) is 0 Å². The highest BCUT2D eigenvalue weighted by Gasteiger charge is 2.45. The van der Waals surface area contributed by atoms with Crippen molar-refractivity contribution in [2.75, 3.05) is 0 Å². The van der Waals surface area contributed by atoms with E-state index >= 15 is 0 Å². The van der Waals surface area contributed by atoms with E-state index in [2.05, 4.69) is 0 Å². The molecule has 0 heterocycles. The molecule has 3 nitrogen and oxygen atoms in total. The Morgan fingerprint density at radius 2 is 1.72 bits per heavy atom. The molecule has 0 radical (unpaired) electrons. The molecular formula is C19H22F3O3-. The summed E-state index contributed by atoms with van der Waals surface area (Å²) in [6, 6.07) is 2.68. The van der Waals surface area contributed by atoms with Crippen LogP contribution in [-0.4, -0.2) is 11.6 Å². The first-order valence-electron chi connectivity index (χ1n) is 8.93. The Morgan fingerprint density at radius 3 is 2.28 bits per heavy atom. The fraction of sp³-hybridized carbons (Fsp3) is 0.632. The van der Waals surface area contributed by atoms with Crippen LogP contribution in [0, 0.1) is 5.92 Å². The summed E-state index contributed by atoms with van der Waals surface area (Å²) < 4.78 is 46.2. The summed E-state index contributed by atoms with van der Waals surface area (Å²) in [6.45, 7) is 0. The lowest BCUT2D eigenvalue weighted by atomic mass is 9.74. The Balaban J connectivity index is 2.00. The Morgan fingerprint density at radius 1 is 1.08 bits per heavy atom. The SMILES string of the molecule is O=C([O-])c1ccc(C(F)(F)F)c(OC2(C3CCCC3)CCCCC2)c1. The van der Waals surface area contributed by atoms with Crippen molar-refractivity contribution in [1.29, 1.82) is 0 Å². The zero-order valence-corrected chi connectivity index (χ0v) is 14.0. The van der Waals surface area contributed by atoms with Crippen LogP contribution >= 0.6 is 0 Å². The van der Waals surface area contributed by atoms with E-state index in [9.17, 15) is 23.1 Å². The molecule has 0 atom stereocenters. The van der Waals surface area contributed by atoms with E-state index in [-0.39, 0.29) is 17.2 Å². The lowest BCUT2D eigenvalue weighted by Gasteiger charge is -2.43. The number of carboxylic acid groups (broad SMARTS) is 1. The Hall–Kier alpha value is -1.72. The van der Waals surface area contributed by atoms with Crippen molar-refractivity contribution in [3.05, 3.63) is 29.3 Å². The van der Waals surface area contributed by atoms with Crippen molar-refractivity contribution in [1.82, 2.24) is 0 Å². The number of carboxylic acids is 1. The number of alkyl halides is 3. The molecule has 2 fully saturated rings. The molecule has 0 aromatic heterocycles. The number of carbonyl (C=O) groups excluding carboxylic acids is 1. The van der Waals surface area contributed by atoms with Crippen LogP contribution in [0.25, 0.3) is 0 Å². The third kappa shape index (κ3) is 3.77. The highest BCUT2D eigenvalue weighted by atomic mass is 19.4. The first-order valence-corrected chi connectivity index (χ1v) is 8.93. The normalized spacial score (nSPS) is 21.2. The maximum Gasteiger partial charge on any atom is 0.419 e. The minimum absolute atomic E-state index is 0.237. The molecular weight excluding hydrogens is 333 g/mol. The van der Waals surface area contributed by atoms with Gasteiger partial charge in [-0.15, -0.1) is 0 Å². The Bertz CT molecular complexity index is 627. The van der Waals surface area contributed by atoms with Gasteiger partial charge < -0.3 is 14.6 Å². The summed E-state index contributed by atoms with van der Waals surface area (Å²) in [5.74, 6) is -1.64. The first kappa shape index (κ1) is 18.1. The molecule has 6 heteroatoms. The van der Waals surface area contributed by atoms with Gasteiger partial charge in [-0.2, -0.15) is 13.2 Å². The lowest BCUT2D eigenvalue weighted by Crippen LogP contribution is -2.45. The summed E-state index contributed by atoms with van der Waals surface area (Å²) >= 11 is 0. The quantitative estimate of drug-likeness (QED) is 0.807. The van der Waals surface area contributed by atoms with Gasteiger partial charge in [-0.3, -0.25) is 0 Å². The second-order valence-electron chi connectivity index (χ2n) is 7.21. The van der Waals surface area contributed by atoms with Crippen LogP contribution in [0.4, 0.5) is 13.2 Å². The van der Waals surface area contributed by atoms with Crippen LogP contribution in [0.1, 0.15) is 73.7 Å². The van der Waals surface area contributed by atoms with Crippen molar-refractivity contribution in [2.45, 2.75) is 69.6 Å². The predicted octanol–water partition coefficient (Wildman–Crippen LogP) is 4.34.